The van der Waals surface area contributed by atoms with Gasteiger partial charge in [0.1, 0.15) is 12.2 Å². The number of anilines is 2. The quantitative estimate of drug-likeness (QED) is 0.378. The fraction of sp³-hybridized carbons (Fsp3) is 0.0769. The van der Waals surface area contributed by atoms with Gasteiger partial charge in [-0.25, -0.2) is 13.9 Å². The zero-order chi connectivity index (χ0) is 19.1. The van der Waals surface area contributed by atoms with E-state index in [-0.39, 0.29) is 46.0 Å². The van der Waals surface area contributed by atoms with Crippen molar-refractivity contribution in [2.75, 3.05) is 11.1 Å². The van der Waals surface area contributed by atoms with E-state index in [1.807, 2.05) is 24.3 Å². The highest BCUT2D eigenvalue weighted by molar-refractivity contribution is 5.80. The lowest BCUT2D eigenvalue weighted by molar-refractivity contribution is -0.793. The largest absolute Gasteiger partial charge is 0.379 e. The number of fused-ring (bicyclic) bond motifs is 1. The minimum absolute atomic E-state index is 0.00963. The molecule has 0 atom stereocenters. The van der Waals surface area contributed by atoms with Crippen LogP contribution in [0, 0.1) is 5.21 Å². The van der Waals surface area contributed by atoms with E-state index in [2.05, 4.69) is 50.7 Å². The van der Waals surface area contributed by atoms with Crippen molar-refractivity contribution in [1.82, 2.24) is 40.8 Å². The summed E-state index contributed by atoms with van der Waals surface area (Å²) in [5.74, 6) is 0.0684. The Balaban J connectivity index is 1.49. The third-order valence-corrected chi connectivity index (χ3v) is 3.88. The number of nitrogen functional groups attached to an aromatic ring is 1. The van der Waals surface area contributed by atoms with Gasteiger partial charge in [0.2, 0.25) is 23.0 Å². The van der Waals surface area contributed by atoms with E-state index in [0.717, 1.165) is 11.0 Å². The van der Waals surface area contributed by atoms with Crippen LogP contribution in [0.4, 0.5) is 11.6 Å². The van der Waals surface area contributed by atoms with Gasteiger partial charge in [-0.2, -0.15) is 0 Å². The summed E-state index contributed by atoms with van der Waals surface area (Å²) < 4.78 is 15.6. The Bertz CT molecular complexity index is 1270. The molecule has 15 heteroatoms. The molecule has 140 valence electrons. The van der Waals surface area contributed by atoms with Crippen LogP contribution < -0.4 is 16.0 Å². The maximum absolute atomic E-state index is 12.0. The summed E-state index contributed by atoms with van der Waals surface area (Å²) in [7, 11) is 0. The predicted octanol–water partition coefficient (Wildman–Crippen LogP) is -0.196. The molecule has 0 amide bonds. The van der Waals surface area contributed by atoms with Crippen molar-refractivity contribution in [1.29, 1.82) is 0 Å². The molecule has 0 aliphatic heterocycles. The number of nitrogens with zero attached hydrogens (tertiary/aromatic N) is 9. The zero-order valence-electron chi connectivity index (χ0n) is 13.8. The normalized spacial score (nSPS) is 11.3. The van der Waals surface area contributed by atoms with Crippen LogP contribution in [-0.2, 0) is 6.67 Å². The van der Waals surface area contributed by atoms with E-state index < -0.39 is 0 Å². The van der Waals surface area contributed by atoms with Crippen molar-refractivity contribution in [3.8, 4) is 22.8 Å². The summed E-state index contributed by atoms with van der Waals surface area (Å²) in [4.78, 5) is 0.106. The standard InChI is InChI=1S/C13H9N11O4/c14-12-10(18-26-20-12)11-8(19-28-24(11)25)9-13(21-27-17-9)15-5-23-7-4-2-1-3-6(7)16-22-23/h1-4H,5H2,(H2,14,20)(H,15,21). The summed E-state index contributed by atoms with van der Waals surface area (Å²) in [6, 6.07) is 7.45. The molecule has 28 heavy (non-hydrogen) atoms. The molecule has 0 saturated carbocycles. The fourth-order valence-electron chi connectivity index (χ4n) is 2.61. The van der Waals surface area contributed by atoms with E-state index in [0.29, 0.717) is 0 Å². The lowest BCUT2D eigenvalue weighted by Gasteiger charge is -2.03. The van der Waals surface area contributed by atoms with Crippen molar-refractivity contribution >= 4 is 22.7 Å². The number of para-hydroxylation sites is 1. The van der Waals surface area contributed by atoms with Crippen LogP contribution in [0.3, 0.4) is 0 Å². The van der Waals surface area contributed by atoms with Crippen LogP contribution in [0.25, 0.3) is 33.8 Å². The van der Waals surface area contributed by atoms with Crippen molar-refractivity contribution in [2.24, 2.45) is 0 Å². The fourth-order valence-corrected chi connectivity index (χ4v) is 2.61. The molecular weight excluding hydrogens is 374 g/mol. The Hall–Kier alpha value is -4.56. The number of nitrogens with two attached hydrogens (primary N) is 1. The Morgan fingerprint density at radius 3 is 2.71 bits per heavy atom. The molecule has 0 unspecified atom stereocenters. The third-order valence-electron chi connectivity index (χ3n) is 3.88. The van der Waals surface area contributed by atoms with Crippen LogP contribution in [0.1, 0.15) is 0 Å². The minimum Gasteiger partial charge on any atom is -0.379 e. The second kappa shape index (κ2) is 6.01. The Labute approximate surface area is 153 Å². The molecule has 0 fully saturated rings. The Morgan fingerprint density at radius 2 is 1.86 bits per heavy atom. The van der Waals surface area contributed by atoms with Crippen LogP contribution in [0.15, 0.2) is 38.2 Å². The monoisotopic (exact) mass is 383 g/mol. The van der Waals surface area contributed by atoms with Crippen molar-refractivity contribution in [3.63, 3.8) is 0 Å². The zero-order valence-corrected chi connectivity index (χ0v) is 13.8. The van der Waals surface area contributed by atoms with E-state index >= 15 is 0 Å². The first-order valence-corrected chi connectivity index (χ1v) is 7.75. The van der Waals surface area contributed by atoms with E-state index in [1.54, 1.807) is 4.68 Å². The molecular formula is C13H9N11O4. The second-order valence-corrected chi connectivity index (χ2v) is 5.50. The van der Waals surface area contributed by atoms with Crippen molar-refractivity contribution in [2.45, 2.75) is 6.67 Å². The Kier molecular flexibility index (Phi) is 3.36. The molecule has 3 N–H and O–H groups in total. The van der Waals surface area contributed by atoms with E-state index in [1.165, 1.54) is 0 Å². The molecule has 0 aliphatic carbocycles. The molecule has 0 aliphatic rings. The minimum atomic E-state index is -0.149. The van der Waals surface area contributed by atoms with Gasteiger partial charge in [-0.15, -0.1) is 5.10 Å². The average Bonchev–Trinajstić information content (AvgIpc) is 3.47. The Morgan fingerprint density at radius 1 is 1.04 bits per heavy atom. The van der Waals surface area contributed by atoms with Crippen LogP contribution in [0.5, 0.6) is 0 Å². The highest BCUT2D eigenvalue weighted by Gasteiger charge is 2.33. The van der Waals surface area contributed by atoms with Crippen molar-refractivity contribution < 1.29 is 18.8 Å². The molecule has 15 nitrogen and oxygen atoms in total. The number of hydrogen-bond donors (Lipinski definition) is 2. The lowest BCUT2D eigenvalue weighted by Crippen LogP contribution is -2.25. The highest BCUT2D eigenvalue weighted by atomic mass is 16.8. The number of benzene rings is 1. The average molecular weight is 383 g/mol. The summed E-state index contributed by atoms with van der Waals surface area (Å²) >= 11 is 0. The van der Waals surface area contributed by atoms with E-state index in [4.69, 9.17) is 10.4 Å². The van der Waals surface area contributed by atoms with Crippen LogP contribution in [0.2, 0.25) is 0 Å². The van der Waals surface area contributed by atoms with Gasteiger partial charge in [0.05, 0.1) is 5.52 Å². The molecule has 0 radical (unpaired) electrons. The first kappa shape index (κ1) is 15.7. The van der Waals surface area contributed by atoms with Gasteiger partial charge in [-0.1, -0.05) is 17.3 Å². The maximum Gasteiger partial charge on any atom is 0.284 e. The molecule has 0 spiro atoms. The topological polar surface area (TPSA) is 200 Å². The van der Waals surface area contributed by atoms with Gasteiger partial charge >= 0.3 is 0 Å². The van der Waals surface area contributed by atoms with Gasteiger partial charge in [0.25, 0.3) is 11.4 Å². The molecule has 5 rings (SSSR count). The predicted molar refractivity (Wildman–Crippen MR) is 87.6 cm³/mol. The first-order chi connectivity index (χ1) is 13.7. The number of hydrogen-bond acceptors (Lipinski definition) is 13. The molecule has 4 heterocycles. The van der Waals surface area contributed by atoms with Crippen LogP contribution >= 0.6 is 0 Å². The molecule has 1 aromatic carbocycles. The SMILES string of the molecule is Nc1nonc1-c1c(-c2nonc2NCn2nnc3ccccc32)no[n+]1[O-]. The molecule has 4 aromatic heterocycles. The highest BCUT2D eigenvalue weighted by Crippen LogP contribution is 2.31. The van der Waals surface area contributed by atoms with Gasteiger partial charge in [-0.05, 0) is 37.7 Å². The van der Waals surface area contributed by atoms with Crippen molar-refractivity contribution in [3.05, 3.63) is 29.5 Å². The van der Waals surface area contributed by atoms with Gasteiger partial charge in [0, 0.05) is 5.16 Å². The smallest absolute Gasteiger partial charge is 0.284 e. The number of rotatable bonds is 5. The molecule has 0 saturated heterocycles. The number of nitrogens with one attached hydrogen (secondary N) is 1. The van der Waals surface area contributed by atoms with Crippen LogP contribution in [-0.4, -0.2) is 40.8 Å². The maximum atomic E-state index is 12.0. The van der Waals surface area contributed by atoms with Gasteiger partial charge in [-0.3, -0.25) is 4.63 Å². The van der Waals surface area contributed by atoms with E-state index in [9.17, 15) is 5.21 Å². The number of aromatic nitrogens is 9. The second-order valence-electron chi connectivity index (χ2n) is 5.50. The summed E-state index contributed by atoms with van der Waals surface area (Å²) in [5.41, 5.74) is 7.09. The summed E-state index contributed by atoms with van der Waals surface area (Å²) in [6.07, 6.45) is 0. The lowest BCUT2D eigenvalue weighted by atomic mass is 10.2. The first-order valence-electron chi connectivity index (χ1n) is 7.75. The van der Waals surface area contributed by atoms with Gasteiger partial charge in [0.15, 0.2) is 0 Å². The summed E-state index contributed by atoms with van der Waals surface area (Å²) in [5, 5.41) is 41.4. The third kappa shape index (κ3) is 2.37. The van der Waals surface area contributed by atoms with Gasteiger partial charge < -0.3 is 16.3 Å². The summed E-state index contributed by atoms with van der Waals surface area (Å²) in [6.45, 7) is 0.194. The molecule has 5 aromatic rings. The molecule has 0 bridgehead atoms.